The molecule has 0 amide bonds. The van der Waals surface area contributed by atoms with Gasteiger partial charge in [-0.15, -0.1) is 23.5 Å². The Hall–Kier alpha value is -1.26. The molecule has 0 bridgehead atoms. The van der Waals surface area contributed by atoms with E-state index in [-0.39, 0.29) is 0 Å². The molecule has 21 heavy (non-hydrogen) atoms. The van der Waals surface area contributed by atoms with Gasteiger partial charge in [0.25, 0.3) is 0 Å². The lowest BCUT2D eigenvalue weighted by atomic mass is 10.0. The third-order valence-electron chi connectivity index (χ3n) is 3.16. The number of nitrogen functional groups attached to an aromatic ring is 2. The molecule has 0 saturated carbocycles. The van der Waals surface area contributed by atoms with Crippen LogP contribution in [0.3, 0.4) is 0 Å². The Morgan fingerprint density at radius 1 is 0.762 bits per heavy atom. The predicted octanol–water partition coefficient (Wildman–Crippen LogP) is 4.67. The van der Waals surface area contributed by atoms with Crippen molar-refractivity contribution < 1.29 is 0 Å². The minimum absolute atomic E-state index is 0.829. The van der Waals surface area contributed by atoms with Crippen LogP contribution in [0.15, 0.2) is 46.2 Å². The number of rotatable bonds is 6. The van der Waals surface area contributed by atoms with Crippen molar-refractivity contribution in [2.24, 2.45) is 0 Å². The van der Waals surface area contributed by atoms with Crippen LogP contribution in [-0.2, 0) is 6.42 Å². The first-order valence-corrected chi connectivity index (χ1v) is 9.13. The van der Waals surface area contributed by atoms with Gasteiger partial charge >= 0.3 is 0 Å². The number of nitrogens with two attached hydrogens (primary N) is 2. The van der Waals surface area contributed by atoms with Gasteiger partial charge in [-0.2, -0.15) is 0 Å². The van der Waals surface area contributed by atoms with Crippen LogP contribution < -0.4 is 11.5 Å². The van der Waals surface area contributed by atoms with Crippen molar-refractivity contribution in [2.75, 3.05) is 23.0 Å². The van der Waals surface area contributed by atoms with Crippen LogP contribution in [0.1, 0.15) is 25.0 Å². The van der Waals surface area contributed by atoms with Crippen molar-refractivity contribution in [2.45, 2.75) is 30.1 Å². The topological polar surface area (TPSA) is 52.0 Å². The summed E-state index contributed by atoms with van der Waals surface area (Å²) in [7, 11) is 0. The van der Waals surface area contributed by atoms with Gasteiger partial charge in [0.15, 0.2) is 0 Å². The quantitative estimate of drug-likeness (QED) is 0.600. The van der Waals surface area contributed by atoms with Crippen molar-refractivity contribution in [3.63, 3.8) is 0 Å². The fourth-order valence-corrected chi connectivity index (χ4v) is 3.93. The molecule has 112 valence electrons. The standard InChI is InChI=1S/C17H22N2S2/c1-3-20-16-10-14(18)7-5-12(16)9-13-6-8-15(19)11-17(13)21-4-2/h5-8,10-11H,3-4,9,18-19H2,1-2H3. The third kappa shape index (κ3) is 4.35. The van der Waals surface area contributed by atoms with Gasteiger partial charge in [-0.1, -0.05) is 26.0 Å². The number of benzene rings is 2. The SMILES string of the molecule is CCSc1cc(N)ccc1Cc1ccc(N)cc1SCC. The molecule has 0 spiro atoms. The molecule has 4 heteroatoms. The van der Waals surface area contributed by atoms with Gasteiger partial charge in [0, 0.05) is 21.2 Å². The molecule has 0 fully saturated rings. The molecule has 0 aliphatic carbocycles. The number of anilines is 2. The number of thioether (sulfide) groups is 2. The molecule has 0 saturated heterocycles. The largest absolute Gasteiger partial charge is 0.399 e. The minimum atomic E-state index is 0.829. The summed E-state index contributed by atoms with van der Waals surface area (Å²) in [4.78, 5) is 2.56. The van der Waals surface area contributed by atoms with E-state index in [1.54, 1.807) is 0 Å². The molecular weight excluding hydrogens is 296 g/mol. The van der Waals surface area contributed by atoms with Crippen LogP contribution in [0.2, 0.25) is 0 Å². The van der Waals surface area contributed by atoms with Crippen LogP contribution in [-0.4, -0.2) is 11.5 Å². The molecule has 0 aromatic heterocycles. The van der Waals surface area contributed by atoms with Crippen molar-refractivity contribution in [1.29, 1.82) is 0 Å². The first-order chi connectivity index (χ1) is 10.1. The highest BCUT2D eigenvalue weighted by atomic mass is 32.2. The van der Waals surface area contributed by atoms with E-state index in [4.69, 9.17) is 11.5 Å². The summed E-state index contributed by atoms with van der Waals surface area (Å²) in [5, 5.41) is 0. The van der Waals surface area contributed by atoms with Crippen LogP contribution in [0.25, 0.3) is 0 Å². The van der Waals surface area contributed by atoms with E-state index >= 15 is 0 Å². The molecular formula is C17H22N2S2. The maximum atomic E-state index is 5.91. The van der Waals surface area contributed by atoms with E-state index in [0.717, 1.165) is 29.3 Å². The van der Waals surface area contributed by atoms with Gasteiger partial charge < -0.3 is 11.5 Å². The summed E-state index contributed by atoms with van der Waals surface area (Å²) in [5.41, 5.74) is 16.2. The Labute approximate surface area is 135 Å². The summed E-state index contributed by atoms with van der Waals surface area (Å²) >= 11 is 3.69. The Morgan fingerprint density at radius 3 is 1.57 bits per heavy atom. The maximum absolute atomic E-state index is 5.91. The molecule has 0 radical (unpaired) electrons. The van der Waals surface area contributed by atoms with Gasteiger partial charge in [-0.3, -0.25) is 0 Å². The summed E-state index contributed by atoms with van der Waals surface area (Å²) < 4.78 is 0. The highest BCUT2D eigenvalue weighted by Gasteiger charge is 2.09. The average Bonchev–Trinajstić information content (AvgIpc) is 2.45. The molecule has 2 aromatic rings. The van der Waals surface area contributed by atoms with Crippen LogP contribution in [0.4, 0.5) is 11.4 Å². The summed E-state index contributed by atoms with van der Waals surface area (Å²) in [6.07, 6.45) is 0.922. The first-order valence-electron chi connectivity index (χ1n) is 7.16. The van der Waals surface area contributed by atoms with Crippen LogP contribution >= 0.6 is 23.5 Å². The van der Waals surface area contributed by atoms with Crippen molar-refractivity contribution >= 4 is 34.9 Å². The van der Waals surface area contributed by atoms with E-state index in [1.165, 1.54) is 20.9 Å². The van der Waals surface area contributed by atoms with Crippen LogP contribution in [0.5, 0.6) is 0 Å². The van der Waals surface area contributed by atoms with E-state index in [9.17, 15) is 0 Å². The normalized spacial score (nSPS) is 10.8. The first kappa shape index (κ1) is 16.1. The van der Waals surface area contributed by atoms with E-state index in [0.29, 0.717) is 0 Å². The van der Waals surface area contributed by atoms with E-state index < -0.39 is 0 Å². The lowest BCUT2D eigenvalue weighted by Crippen LogP contribution is -1.97. The molecule has 0 heterocycles. The molecule has 2 aromatic carbocycles. The summed E-state index contributed by atoms with van der Waals surface area (Å²) in [6, 6.07) is 12.4. The van der Waals surface area contributed by atoms with Crippen LogP contribution in [0, 0.1) is 0 Å². The highest BCUT2D eigenvalue weighted by molar-refractivity contribution is 7.99. The molecule has 0 unspecified atom stereocenters. The zero-order valence-electron chi connectivity index (χ0n) is 12.6. The van der Waals surface area contributed by atoms with Crippen molar-refractivity contribution in [1.82, 2.24) is 0 Å². The van der Waals surface area contributed by atoms with Gasteiger partial charge in [-0.05, 0) is 53.3 Å². The second-order valence-electron chi connectivity index (χ2n) is 4.78. The van der Waals surface area contributed by atoms with Gasteiger partial charge in [0.05, 0.1) is 0 Å². The second-order valence-corrected chi connectivity index (χ2v) is 7.39. The van der Waals surface area contributed by atoms with E-state index in [2.05, 4.69) is 38.1 Å². The molecule has 4 N–H and O–H groups in total. The van der Waals surface area contributed by atoms with Gasteiger partial charge in [0.1, 0.15) is 0 Å². The third-order valence-corrected chi connectivity index (χ3v) is 5.12. The average molecular weight is 319 g/mol. The molecule has 2 rings (SSSR count). The van der Waals surface area contributed by atoms with Gasteiger partial charge in [0.2, 0.25) is 0 Å². The number of hydrogen-bond donors (Lipinski definition) is 2. The summed E-state index contributed by atoms with van der Waals surface area (Å²) in [5.74, 6) is 2.10. The Morgan fingerprint density at radius 2 is 1.19 bits per heavy atom. The Balaban J connectivity index is 2.33. The zero-order chi connectivity index (χ0) is 15.2. The Kier molecular flexibility index (Phi) is 5.88. The van der Waals surface area contributed by atoms with Crippen molar-refractivity contribution in [3.05, 3.63) is 47.5 Å². The smallest absolute Gasteiger partial charge is 0.0325 e. The second kappa shape index (κ2) is 7.66. The zero-order valence-corrected chi connectivity index (χ0v) is 14.2. The van der Waals surface area contributed by atoms with E-state index in [1.807, 2.05) is 35.7 Å². The molecule has 2 nitrogen and oxygen atoms in total. The van der Waals surface area contributed by atoms with Gasteiger partial charge in [-0.25, -0.2) is 0 Å². The Bertz CT molecular complexity index is 558. The molecule has 0 aliphatic heterocycles. The summed E-state index contributed by atoms with van der Waals surface area (Å²) in [6.45, 7) is 4.33. The fourth-order valence-electron chi connectivity index (χ4n) is 2.22. The predicted molar refractivity (Wildman–Crippen MR) is 97.3 cm³/mol. The monoisotopic (exact) mass is 318 g/mol. The fraction of sp³-hybridized carbons (Fsp3) is 0.294. The lowest BCUT2D eigenvalue weighted by Gasteiger charge is -2.13. The number of hydrogen-bond acceptors (Lipinski definition) is 4. The minimum Gasteiger partial charge on any atom is -0.399 e. The highest BCUT2D eigenvalue weighted by Crippen LogP contribution is 2.31. The molecule has 0 aliphatic rings. The molecule has 0 atom stereocenters. The maximum Gasteiger partial charge on any atom is 0.0325 e. The lowest BCUT2D eigenvalue weighted by molar-refractivity contribution is 1.08. The van der Waals surface area contributed by atoms with Crippen molar-refractivity contribution in [3.8, 4) is 0 Å².